The van der Waals surface area contributed by atoms with Crippen molar-refractivity contribution in [3.05, 3.63) is 24.5 Å². The number of nitrogens with two attached hydrogens (primary N) is 1. The number of hydrogen-bond acceptors (Lipinski definition) is 3. The van der Waals surface area contributed by atoms with Crippen molar-refractivity contribution in [2.45, 2.75) is 12.8 Å². The van der Waals surface area contributed by atoms with Crippen LogP contribution in [0.3, 0.4) is 0 Å². The van der Waals surface area contributed by atoms with Crippen LogP contribution in [0.5, 0.6) is 0 Å². The Bertz CT molecular complexity index is 527. The minimum Gasteiger partial charge on any atom is -0.374 e. The molecule has 3 rings (SSSR count). The smallest absolute Gasteiger partial charge is 0.0931 e. The summed E-state index contributed by atoms with van der Waals surface area (Å²) in [4.78, 5) is 9.66. The van der Waals surface area contributed by atoms with Crippen molar-refractivity contribution in [2.24, 2.45) is 11.1 Å². The second-order valence-electron chi connectivity index (χ2n) is 5.16. The van der Waals surface area contributed by atoms with Crippen molar-refractivity contribution in [1.29, 1.82) is 0 Å². The number of anilines is 1. The molecule has 0 atom stereocenters. The second kappa shape index (κ2) is 3.74. The Morgan fingerprint density at radius 3 is 3.00 bits per heavy atom. The van der Waals surface area contributed by atoms with E-state index in [1.807, 2.05) is 0 Å². The van der Waals surface area contributed by atoms with Crippen LogP contribution in [0.4, 0.5) is 5.69 Å². The minimum atomic E-state index is 0.373. The third kappa shape index (κ3) is 1.89. The number of H-pyrrole nitrogens is 1. The van der Waals surface area contributed by atoms with Gasteiger partial charge < -0.3 is 15.6 Å². The van der Waals surface area contributed by atoms with Gasteiger partial charge in [0.1, 0.15) is 0 Å². The van der Waals surface area contributed by atoms with Gasteiger partial charge in [0.05, 0.1) is 17.4 Å². The molecule has 1 aliphatic carbocycles. The van der Waals surface area contributed by atoms with E-state index in [0.717, 1.165) is 24.1 Å². The number of aromatic amines is 1. The fourth-order valence-electron chi connectivity index (χ4n) is 2.36. The molecule has 0 amide bonds. The Morgan fingerprint density at radius 1 is 1.47 bits per heavy atom. The summed E-state index contributed by atoms with van der Waals surface area (Å²) >= 11 is 0. The number of nitrogens with one attached hydrogen (secondary N) is 1. The number of hydrogen-bond donors (Lipinski definition) is 2. The van der Waals surface area contributed by atoms with E-state index in [9.17, 15) is 0 Å². The predicted octanol–water partition coefficient (Wildman–Crippen LogP) is 1.74. The maximum Gasteiger partial charge on any atom is 0.0931 e. The zero-order valence-corrected chi connectivity index (χ0v) is 10.1. The van der Waals surface area contributed by atoms with Gasteiger partial charge >= 0.3 is 0 Å². The first-order valence-corrected chi connectivity index (χ1v) is 6.07. The van der Waals surface area contributed by atoms with Crippen molar-refractivity contribution in [3.63, 3.8) is 0 Å². The molecule has 0 saturated heterocycles. The number of nitrogens with zero attached hydrogens (tertiary/aromatic N) is 2. The van der Waals surface area contributed by atoms with E-state index in [1.54, 1.807) is 6.33 Å². The fourth-order valence-corrected chi connectivity index (χ4v) is 2.36. The summed E-state index contributed by atoms with van der Waals surface area (Å²) in [6.45, 7) is 1.84. The van der Waals surface area contributed by atoms with Gasteiger partial charge in [0.2, 0.25) is 0 Å². The molecule has 0 radical (unpaired) electrons. The molecule has 3 N–H and O–H groups in total. The zero-order valence-electron chi connectivity index (χ0n) is 10.1. The molecular weight excluding hydrogens is 212 g/mol. The van der Waals surface area contributed by atoms with Gasteiger partial charge in [0.15, 0.2) is 0 Å². The Kier molecular flexibility index (Phi) is 2.33. The Labute approximate surface area is 101 Å². The van der Waals surface area contributed by atoms with E-state index in [4.69, 9.17) is 5.73 Å². The van der Waals surface area contributed by atoms with E-state index < -0.39 is 0 Å². The Balaban J connectivity index is 1.82. The highest BCUT2D eigenvalue weighted by Crippen LogP contribution is 2.45. The molecule has 0 aliphatic heterocycles. The molecule has 1 fully saturated rings. The molecule has 17 heavy (non-hydrogen) atoms. The summed E-state index contributed by atoms with van der Waals surface area (Å²) in [6, 6.07) is 6.32. The van der Waals surface area contributed by atoms with Crippen molar-refractivity contribution in [2.75, 3.05) is 25.0 Å². The zero-order chi connectivity index (χ0) is 11.9. The first kappa shape index (κ1) is 10.6. The van der Waals surface area contributed by atoms with Crippen molar-refractivity contribution < 1.29 is 0 Å². The highest BCUT2D eigenvalue weighted by Gasteiger charge is 2.42. The van der Waals surface area contributed by atoms with Gasteiger partial charge in [-0.15, -0.1) is 0 Å². The van der Waals surface area contributed by atoms with Gasteiger partial charge in [-0.2, -0.15) is 0 Å². The average molecular weight is 230 g/mol. The molecular formula is C13H18N4. The van der Waals surface area contributed by atoms with Gasteiger partial charge in [-0.3, -0.25) is 0 Å². The number of rotatable bonds is 4. The molecule has 1 aliphatic rings. The average Bonchev–Trinajstić information content (AvgIpc) is 2.96. The first-order chi connectivity index (χ1) is 8.22. The van der Waals surface area contributed by atoms with Gasteiger partial charge in [-0.25, -0.2) is 4.98 Å². The van der Waals surface area contributed by atoms with Crippen LogP contribution in [0.1, 0.15) is 12.8 Å². The predicted molar refractivity (Wildman–Crippen MR) is 70.1 cm³/mol. The summed E-state index contributed by atoms with van der Waals surface area (Å²) < 4.78 is 0. The lowest BCUT2D eigenvalue weighted by molar-refractivity contribution is 0.523. The Morgan fingerprint density at radius 2 is 2.29 bits per heavy atom. The number of fused-ring (bicyclic) bond motifs is 1. The highest BCUT2D eigenvalue weighted by atomic mass is 15.1. The lowest BCUT2D eigenvalue weighted by Gasteiger charge is -2.24. The lowest BCUT2D eigenvalue weighted by Crippen LogP contribution is -2.31. The van der Waals surface area contributed by atoms with Crippen LogP contribution in [-0.4, -0.2) is 30.1 Å². The van der Waals surface area contributed by atoms with Crippen LogP contribution in [0, 0.1) is 5.41 Å². The molecule has 0 bridgehead atoms. The van der Waals surface area contributed by atoms with Crippen molar-refractivity contribution in [3.8, 4) is 0 Å². The fraction of sp³-hybridized carbons (Fsp3) is 0.462. The van der Waals surface area contributed by atoms with Crippen LogP contribution in [0.2, 0.25) is 0 Å². The number of aromatic nitrogens is 2. The van der Waals surface area contributed by atoms with E-state index in [2.05, 4.69) is 40.1 Å². The number of benzene rings is 1. The van der Waals surface area contributed by atoms with Gasteiger partial charge in [0, 0.05) is 24.7 Å². The van der Waals surface area contributed by atoms with Crippen LogP contribution < -0.4 is 10.6 Å². The lowest BCUT2D eigenvalue weighted by atomic mass is 10.1. The second-order valence-corrected chi connectivity index (χ2v) is 5.16. The van der Waals surface area contributed by atoms with E-state index in [0.29, 0.717) is 5.41 Å². The summed E-state index contributed by atoms with van der Waals surface area (Å²) in [7, 11) is 2.13. The van der Waals surface area contributed by atoms with E-state index >= 15 is 0 Å². The van der Waals surface area contributed by atoms with Gasteiger partial charge in [-0.1, -0.05) is 0 Å². The van der Waals surface area contributed by atoms with E-state index in [-0.39, 0.29) is 0 Å². The summed E-state index contributed by atoms with van der Waals surface area (Å²) in [5.74, 6) is 0. The molecule has 2 aromatic rings. The molecule has 1 aromatic heterocycles. The minimum absolute atomic E-state index is 0.373. The first-order valence-electron chi connectivity index (χ1n) is 6.07. The molecule has 1 saturated carbocycles. The molecule has 1 aromatic carbocycles. The third-order valence-corrected chi connectivity index (χ3v) is 3.81. The topological polar surface area (TPSA) is 57.9 Å². The van der Waals surface area contributed by atoms with Crippen molar-refractivity contribution >= 4 is 16.7 Å². The molecule has 0 spiro atoms. The molecule has 4 nitrogen and oxygen atoms in total. The third-order valence-electron chi connectivity index (χ3n) is 3.81. The molecule has 0 unspecified atom stereocenters. The van der Waals surface area contributed by atoms with Gasteiger partial charge in [0.25, 0.3) is 0 Å². The van der Waals surface area contributed by atoms with Crippen LogP contribution in [0.25, 0.3) is 11.0 Å². The normalized spacial score (nSPS) is 17.3. The van der Waals surface area contributed by atoms with Crippen LogP contribution in [0.15, 0.2) is 24.5 Å². The summed E-state index contributed by atoms with van der Waals surface area (Å²) in [5.41, 5.74) is 9.53. The molecule has 1 heterocycles. The standard InChI is InChI=1S/C13H18N4/c1-17(8-13(7-14)4-5-13)10-2-3-11-12(6-10)16-9-15-11/h2-3,6,9H,4-5,7-8,14H2,1H3,(H,15,16). The SMILES string of the molecule is CN(CC1(CN)CC1)c1ccc2nc[nH]c2c1. The maximum atomic E-state index is 5.83. The molecule has 90 valence electrons. The van der Waals surface area contributed by atoms with E-state index in [1.165, 1.54) is 18.5 Å². The van der Waals surface area contributed by atoms with Crippen molar-refractivity contribution in [1.82, 2.24) is 9.97 Å². The Hall–Kier alpha value is -1.55. The summed E-state index contributed by atoms with van der Waals surface area (Å²) in [5, 5.41) is 0. The highest BCUT2D eigenvalue weighted by molar-refractivity contribution is 5.79. The largest absolute Gasteiger partial charge is 0.374 e. The monoisotopic (exact) mass is 230 g/mol. The number of imidazole rings is 1. The summed E-state index contributed by atoms with van der Waals surface area (Å²) in [6.07, 6.45) is 4.26. The molecule has 4 heteroatoms. The maximum absolute atomic E-state index is 5.83. The van der Waals surface area contributed by atoms with Crippen LogP contribution in [-0.2, 0) is 0 Å². The van der Waals surface area contributed by atoms with Gasteiger partial charge in [-0.05, 0) is 37.6 Å². The van der Waals surface area contributed by atoms with Crippen LogP contribution >= 0.6 is 0 Å². The quantitative estimate of drug-likeness (QED) is 0.841.